The van der Waals surface area contributed by atoms with Gasteiger partial charge in [0.05, 0.1) is 11.2 Å². The van der Waals surface area contributed by atoms with Gasteiger partial charge >= 0.3 is 6.18 Å². The lowest BCUT2D eigenvalue weighted by Gasteiger charge is -2.29. The Morgan fingerprint density at radius 3 is 2.54 bits per heavy atom. The van der Waals surface area contributed by atoms with Crippen molar-refractivity contribution in [2.24, 2.45) is 5.92 Å². The summed E-state index contributed by atoms with van der Waals surface area (Å²) in [5.74, 6) is -0.146. The van der Waals surface area contributed by atoms with Gasteiger partial charge in [0.2, 0.25) is 0 Å². The fourth-order valence-electron chi connectivity index (χ4n) is 2.68. The number of aromatic amines is 1. The molecule has 26 heavy (non-hydrogen) atoms. The van der Waals surface area contributed by atoms with Crippen molar-refractivity contribution in [3.63, 3.8) is 0 Å². The minimum absolute atomic E-state index is 0.0972. The van der Waals surface area contributed by atoms with Crippen molar-refractivity contribution in [3.05, 3.63) is 47.9 Å². The molecule has 0 radical (unpaired) electrons. The quantitative estimate of drug-likeness (QED) is 0.725. The normalized spacial score (nSPS) is 14.6. The number of alkyl halides is 3. The maximum absolute atomic E-state index is 12.3. The van der Waals surface area contributed by atoms with E-state index in [-0.39, 0.29) is 11.7 Å². The third kappa shape index (κ3) is 3.48. The van der Waals surface area contributed by atoms with Gasteiger partial charge in [0, 0.05) is 11.6 Å². The smallest absolute Gasteiger partial charge is 0.422 e. The van der Waals surface area contributed by atoms with Crippen LogP contribution in [0.15, 0.2) is 36.5 Å². The Labute approximate surface area is 147 Å². The Kier molecular flexibility index (Phi) is 4.57. The highest BCUT2D eigenvalue weighted by atomic mass is 19.4. The molecule has 1 atom stereocenters. The molecule has 0 fully saturated rings. The number of hydrogen-bond acceptors (Lipinski definition) is 5. The second-order valence-electron chi connectivity index (χ2n) is 6.23. The fraction of sp³-hybridized carbons (Fsp3) is 0.353. The van der Waals surface area contributed by atoms with E-state index >= 15 is 0 Å². The number of pyridine rings is 1. The van der Waals surface area contributed by atoms with Gasteiger partial charge in [-0.1, -0.05) is 25.1 Å². The van der Waals surface area contributed by atoms with Crippen molar-refractivity contribution in [2.45, 2.75) is 25.6 Å². The molecular formula is C17H17F3N4O2. The monoisotopic (exact) mass is 366 g/mol. The molecule has 0 aliphatic rings. The van der Waals surface area contributed by atoms with Gasteiger partial charge in [0.25, 0.3) is 0 Å². The lowest BCUT2D eigenvalue weighted by Crippen LogP contribution is -2.35. The van der Waals surface area contributed by atoms with E-state index in [0.29, 0.717) is 22.3 Å². The Balaban J connectivity index is 1.96. The molecule has 1 unspecified atom stereocenters. The summed E-state index contributed by atoms with van der Waals surface area (Å²) in [6, 6.07) is 7.72. The van der Waals surface area contributed by atoms with Crippen molar-refractivity contribution >= 4 is 10.9 Å². The van der Waals surface area contributed by atoms with Crippen molar-refractivity contribution in [1.29, 1.82) is 0 Å². The highest BCUT2D eigenvalue weighted by Gasteiger charge is 2.39. The number of nitrogens with zero attached hydrogens (tertiary/aromatic N) is 3. The van der Waals surface area contributed by atoms with E-state index in [9.17, 15) is 18.3 Å². The first-order valence-electron chi connectivity index (χ1n) is 7.90. The number of benzene rings is 1. The maximum atomic E-state index is 12.3. The highest BCUT2D eigenvalue weighted by molar-refractivity contribution is 5.80. The molecule has 0 saturated carbocycles. The molecule has 2 N–H and O–H groups in total. The number of aliphatic hydroxyl groups is 1. The van der Waals surface area contributed by atoms with Crippen LogP contribution in [0.5, 0.6) is 5.75 Å². The molecule has 0 spiro atoms. The van der Waals surface area contributed by atoms with Crippen LogP contribution in [0.1, 0.15) is 25.2 Å². The number of H-pyrrole nitrogens is 1. The summed E-state index contributed by atoms with van der Waals surface area (Å²) >= 11 is 0. The maximum Gasteiger partial charge on any atom is 0.422 e. The summed E-state index contributed by atoms with van der Waals surface area (Å²) in [4.78, 5) is 4.47. The molecule has 3 rings (SSSR count). The molecule has 2 heterocycles. The molecule has 0 amide bonds. The van der Waals surface area contributed by atoms with Crippen molar-refractivity contribution in [3.8, 4) is 5.75 Å². The third-order valence-corrected chi connectivity index (χ3v) is 4.10. The minimum Gasteiger partial charge on any atom is -0.484 e. The van der Waals surface area contributed by atoms with Gasteiger partial charge in [-0.25, -0.2) is 4.98 Å². The predicted octanol–water partition coefficient (Wildman–Crippen LogP) is 3.19. The number of ether oxygens (including phenoxy) is 1. The van der Waals surface area contributed by atoms with Crippen LogP contribution in [0.25, 0.3) is 10.9 Å². The van der Waals surface area contributed by atoms with Crippen LogP contribution in [-0.2, 0) is 5.60 Å². The summed E-state index contributed by atoms with van der Waals surface area (Å²) < 4.78 is 41.6. The van der Waals surface area contributed by atoms with Crippen molar-refractivity contribution in [1.82, 2.24) is 20.4 Å². The van der Waals surface area contributed by atoms with Crippen molar-refractivity contribution in [2.75, 3.05) is 6.61 Å². The number of halogens is 3. The Bertz CT molecular complexity index is 897. The van der Waals surface area contributed by atoms with E-state index in [1.54, 1.807) is 18.2 Å². The largest absolute Gasteiger partial charge is 0.484 e. The van der Waals surface area contributed by atoms with E-state index in [0.717, 1.165) is 0 Å². The molecule has 3 aromatic rings. The van der Waals surface area contributed by atoms with Crippen molar-refractivity contribution < 1.29 is 23.0 Å². The first-order chi connectivity index (χ1) is 12.2. The second kappa shape index (κ2) is 6.56. The van der Waals surface area contributed by atoms with Crippen LogP contribution in [0.2, 0.25) is 0 Å². The van der Waals surface area contributed by atoms with Crippen LogP contribution in [0.4, 0.5) is 13.2 Å². The summed E-state index contributed by atoms with van der Waals surface area (Å²) in [5.41, 5.74) is -0.223. The van der Waals surface area contributed by atoms with Crippen LogP contribution in [0, 0.1) is 5.92 Å². The Morgan fingerprint density at radius 1 is 1.15 bits per heavy atom. The summed E-state index contributed by atoms with van der Waals surface area (Å²) in [7, 11) is 0. The van der Waals surface area contributed by atoms with E-state index in [2.05, 4.69) is 20.4 Å². The lowest BCUT2D eigenvalue weighted by molar-refractivity contribution is -0.153. The number of fused-ring (bicyclic) bond motifs is 1. The van der Waals surface area contributed by atoms with Gasteiger partial charge in [-0.15, -0.1) is 5.10 Å². The van der Waals surface area contributed by atoms with Gasteiger partial charge in [0.15, 0.2) is 12.2 Å². The molecule has 0 saturated heterocycles. The topological polar surface area (TPSA) is 83.9 Å². The molecule has 138 valence electrons. The summed E-state index contributed by atoms with van der Waals surface area (Å²) in [6.07, 6.45) is -2.90. The first kappa shape index (κ1) is 18.1. The fourth-order valence-corrected chi connectivity index (χ4v) is 2.68. The zero-order valence-corrected chi connectivity index (χ0v) is 14.1. The molecule has 0 bridgehead atoms. The molecular weight excluding hydrogens is 349 g/mol. The summed E-state index contributed by atoms with van der Waals surface area (Å²) in [6.45, 7) is 2.30. The minimum atomic E-state index is -4.40. The number of aromatic nitrogens is 4. The lowest BCUT2D eigenvalue weighted by atomic mass is 9.84. The van der Waals surface area contributed by atoms with Gasteiger partial charge in [0.1, 0.15) is 11.4 Å². The molecule has 9 heteroatoms. The first-order valence-corrected chi connectivity index (χ1v) is 7.90. The average Bonchev–Trinajstić information content (AvgIpc) is 3.12. The van der Waals surface area contributed by atoms with E-state index < -0.39 is 18.4 Å². The number of hydrogen-bond donors (Lipinski definition) is 2. The molecule has 2 aromatic heterocycles. The van der Waals surface area contributed by atoms with Gasteiger partial charge in [-0.2, -0.15) is 13.2 Å². The van der Waals surface area contributed by atoms with E-state index in [4.69, 9.17) is 4.74 Å². The zero-order chi connectivity index (χ0) is 18.9. The Hall–Kier alpha value is -2.68. The zero-order valence-electron chi connectivity index (χ0n) is 14.1. The highest BCUT2D eigenvalue weighted by Crippen LogP contribution is 2.35. The average molecular weight is 366 g/mol. The molecule has 0 aliphatic carbocycles. The molecule has 0 aliphatic heterocycles. The third-order valence-electron chi connectivity index (χ3n) is 4.10. The van der Waals surface area contributed by atoms with Gasteiger partial charge < -0.3 is 9.84 Å². The van der Waals surface area contributed by atoms with Gasteiger partial charge in [-0.3, -0.25) is 5.10 Å². The van der Waals surface area contributed by atoms with Crippen LogP contribution >= 0.6 is 0 Å². The standard InChI is InChI=1S/C17H17F3N4O2/c1-10(2)17(25,15-8-21-24-23-15)14-6-3-11-7-12(4-5-13(11)22-14)26-9-16(18,19)20/h3-8,10,25H,9H2,1-2H3,(H,21,23,24). The van der Waals surface area contributed by atoms with E-state index in [1.807, 2.05) is 13.8 Å². The number of nitrogens with one attached hydrogen (secondary N) is 1. The SMILES string of the molecule is CC(C)C(O)(c1c[nH]nn1)c1ccc2cc(OCC(F)(F)F)ccc2n1. The van der Waals surface area contributed by atoms with Gasteiger partial charge in [-0.05, 0) is 30.2 Å². The van der Waals surface area contributed by atoms with E-state index in [1.165, 1.54) is 18.3 Å². The number of rotatable bonds is 5. The molecule has 1 aromatic carbocycles. The van der Waals surface area contributed by atoms with Crippen LogP contribution in [0.3, 0.4) is 0 Å². The summed E-state index contributed by atoms with van der Waals surface area (Å²) in [5, 5.41) is 21.9. The van der Waals surface area contributed by atoms with Crippen LogP contribution < -0.4 is 4.74 Å². The predicted molar refractivity (Wildman–Crippen MR) is 87.5 cm³/mol. The van der Waals surface area contributed by atoms with Crippen LogP contribution in [-0.4, -0.2) is 38.3 Å². The Morgan fingerprint density at radius 2 is 1.92 bits per heavy atom. The second-order valence-corrected chi connectivity index (χ2v) is 6.23. The molecule has 6 nitrogen and oxygen atoms in total.